The van der Waals surface area contributed by atoms with Gasteiger partial charge < -0.3 is 5.73 Å². The highest BCUT2D eigenvalue weighted by molar-refractivity contribution is 9.10. The first-order chi connectivity index (χ1) is 9.38. The van der Waals surface area contributed by atoms with E-state index in [1.165, 1.54) is 6.07 Å². The quantitative estimate of drug-likeness (QED) is 0.781. The molecular weight excluding hydrogens is 355 g/mol. The Morgan fingerprint density at radius 2 is 1.75 bits per heavy atom. The third-order valence-electron chi connectivity index (χ3n) is 2.89. The lowest BCUT2D eigenvalue weighted by molar-refractivity contribution is 0.550. The molecule has 0 saturated heterocycles. The van der Waals surface area contributed by atoms with Crippen molar-refractivity contribution < 1.29 is 13.2 Å². The summed E-state index contributed by atoms with van der Waals surface area (Å²) < 4.78 is 41.4. The van der Waals surface area contributed by atoms with Gasteiger partial charge in [-0.25, -0.2) is 13.2 Å². The van der Waals surface area contributed by atoms with Crippen LogP contribution in [0.15, 0.2) is 34.8 Å². The zero-order valence-corrected chi connectivity index (χ0v) is 12.5. The lowest BCUT2D eigenvalue weighted by Gasteiger charge is -2.14. The van der Waals surface area contributed by atoms with Crippen LogP contribution >= 0.6 is 27.5 Å². The fourth-order valence-electron chi connectivity index (χ4n) is 1.86. The molecule has 0 fully saturated rings. The van der Waals surface area contributed by atoms with E-state index in [9.17, 15) is 13.2 Å². The molecule has 6 heteroatoms. The fourth-order valence-corrected chi connectivity index (χ4v) is 2.34. The van der Waals surface area contributed by atoms with Crippen molar-refractivity contribution in [1.29, 1.82) is 0 Å². The van der Waals surface area contributed by atoms with Gasteiger partial charge in [-0.1, -0.05) is 33.6 Å². The molecule has 2 aromatic carbocycles. The zero-order valence-electron chi connectivity index (χ0n) is 10.1. The van der Waals surface area contributed by atoms with Crippen molar-refractivity contribution in [3.63, 3.8) is 0 Å². The number of halogens is 5. The molecule has 0 bridgehead atoms. The highest BCUT2D eigenvalue weighted by Gasteiger charge is 2.17. The van der Waals surface area contributed by atoms with Crippen LogP contribution in [0, 0.1) is 17.5 Å². The Bertz CT molecular complexity index is 649. The van der Waals surface area contributed by atoms with E-state index in [4.69, 9.17) is 17.3 Å². The summed E-state index contributed by atoms with van der Waals surface area (Å²) in [4.78, 5) is 0. The summed E-state index contributed by atoms with van der Waals surface area (Å²) >= 11 is 8.61. The summed E-state index contributed by atoms with van der Waals surface area (Å²) in [6.07, 6.45) is 0.0527. The van der Waals surface area contributed by atoms with E-state index in [-0.39, 0.29) is 17.0 Å². The Hall–Kier alpha value is -1.04. The summed E-state index contributed by atoms with van der Waals surface area (Å²) in [6, 6.07) is 5.44. The number of hydrogen-bond donors (Lipinski definition) is 1. The van der Waals surface area contributed by atoms with Crippen LogP contribution in [0.1, 0.15) is 17.2 Å². The van der Waals surface area contributed by atoms with E-state index in [0.29, 0.717) is 10.0 Å². The molecule has 2 rings (SSSR count). The molecule has 1 atom stereocenters. The average Bonchev–Trinajstić information content (AvgIpc) is 2.37. The Balaban J connectivity index is 2.28. The molecule has 0 spiro atoms. The largest absolute Gasteiger partial charge is 0.324 e. The minimum Gasteiger partial charge on any atom is -0.324 e. The average molecular weight is 365 g/mol. The van der Waals surface area contributed by atoms with Gasteiger partial charge in [-0.05, 0) is 36.2 Å². The molecule has 20 heavy (non-hydrogen) atoms. The molecule has 0 aliphatic rings. The van der Waals surface area contributed by atoms with Gasteiger partial charge in [0.1, 0.15) is 17.5 Å². The molecule has 0 aliphatic heterocycles. The van der Waals surface area contributed by atoms with Crippen molar-refractivity contribution >= 4 is 27.5 Å². The van der Waals surface area contributed by atoms with E-state index in [2.05, 4.69) is 15.9 Å². The number of rotatable bonds is 3. The van der Waals surface area contributed by atoms with Crippen molar-refractivity contribution in [1.82, 2.24) is 0 Å². The molecule has 0 amide bonds. The summed E-state index contributed by atoms with van der Waals surface area (Å²) in [7, 11) is 0. The molecule has 0 aromatic heterocycles. The van der Waals surface area contributed by atoms with Gasteiger partial charge in [0.2, 0.25) is 0 Å². The number of benzene rings is 2. The summed E-state index contributed by atoms with van der Waals surface area (Å²) in [5.41, 5.74) is 6.12. The highest BCUT2D eigenvalue weighted by atomic mass is 79.9. The third kappa shape index (κ3) is 3.34. The molecular formula is C14H10BrClF3N. The molecule has 106 valence electrons. The predicted octanol–water partition coefficient (Wildman–Crippen LogP) is 4.76. The Kier molecular flexibility index (Phi) is 4.73. The Morgan fingerprint density at radius 3 is 2.40 bits per heavy atom. The fraction of sp³-hybridized carbons (Fsp3) is 0.143. The van der Waals surface area contributed by atoms with Gasteiger partial charge in [-0.3, -0.25) is 0 Å². The molecule has 2 N–H and O–H groups in total. The summed E-state index contributed by atoms with van der Waals surface area (Å²) in [5.74, 6) is -1.92. The van der Waals surface area contributed by atoms with Crippen LogP contribution < -0.4 is 5.73 Å². The Morgan fingerprint density at radius 1 is 1.05 bits per heavy atom. The van der Waals surface area contributed by atoms with Gasteiger partial charge in [-0.2, -0.15) is 0 Å². The lowest BCUT2D eigenvalue weighted by Crippen LogP contribution is -2.16. The summed E-state index contributed by atoms with van der Waals surface area (Å²) in [5, 5.41) is -0.312. The van der Waals surface area contributed by atoms with Crippen LogP contribution in [0.4, 0.5) is 13.2 Å². The molecule has 1 nitrogen and oxygen atoms in total. The topological polar surface area (TPSA) is 26.0 Å². The molecule has 0 heterocycles. The molecule has 2 aromatic rings. The second-order valence-electron chi connectivity index (χ2n) is 4.33. The van der Waals surface area contributed by atoms with Gasteiger partial charge in [0.15, 0.2) is 0 Å². The van der Waals surface area contributed by atoms with Crippen LogP contribution in [0.2, 0.25) is 5.02 Å². The zero-order chi connectivity index (χ0) is 14.9. The monoisotopic (exact) mass is 363 g/mol. The second kappa shape index (κ2) is 6.16. The SMILES string of the molecule is NC(Cc1ccc(Br)cc1F)c1cc(F)c(Cl)cc1F. The predicted molar refractivity (Wildman–Crippen MR) is 76.1 cm³/mol. The highest BCUT2D eigenvalue weighted by Crippen LogP contribution is 2.26. The second-order valence-corrected chi connectivity index (χ2v) is 5.66. The van der Waals surface area contributed by atoms with Crippen molar-refractivity contribution in [2.24, 2.45) is 5.73 Å². The maximum absolute atomic E-state index is 13.7. The van der Waals surface area contributed by atoms with Gasteiger partial charge in [0, 0.05) is 16.1 Å². The van der Waals surface area contributed by atoms with Crippen LogP contribution in [-0.2, 0) is 6.42 Å². The van der Waals surface area contributed by atoms with Gasteiger partial charge in [0.05, 0.1) is 5.02 Å². The van der Waals surface area contributed by atoms with E-state index < -0.39 is 23.5 Å². The minimum atomic E-state index is -0.863. The van der Waals surface area contributed by atoms with Crippen molar-refractivity contribution in [3.8, 4) is 0 Å². The smallest absolute Gasteiger partial charge is 0.142 e. The molecule has 0 aliphatic carbocycles. The first kappa shape index (κ1) is 15.4. The van der Waals surface area contributed by atoms with Gasteiger partial charge >= 0.3 is 0 Å². The van der Waals surface area contributed by atoms with Gasteiger partial charge in [0.25, 0.3) is 0 Å². The van der Waals surface area contributed by atoms with Crippen molar-refractivity contribution in [2.75, 3.05) is 0 Å². The third-order valence-corrected chi connectivity index (χ3v) is 3.68. The normalized spacial score (nSPS) is 12.5. The van der Waals surface area contributed by atoms with E-state index >= 15 is 0 Å². The Labute approximate surface area is 127 Å². The maximum atomic E-state index is 13.7. The van der Waals surface area contributed by atoms with Crippen molar-refractivity contribution in [2.45, 2.75) is 12.5 Å². The number of nitrogens with two attached hydrogens (primary N) is 1. The molecule has 0 saturated carbocycles. The first-order valence-corrected chi connectivity index (χ1v) is 6.89. The van der Waals surface area contributed by atoms with E-state index in [0.717, 1.165) is 12.1 Å². The van der Waals surface area contributed by atoms with Crippen molar-refractivity contribution in [3.05, 3.63) is 68.4 Å². The first-order valence-electron chi connectivity index (χ1n) is 5.72. The minimum absolute atomic E-state index is 0.0331. The lowest BCUT2D eigenvalue weighted by atomic mass is 9.99. The molecule has 1 unspecified atom stereocenters. The summed E-state index contributed by atoms with van der Waals surface area (Å²) in [6.45, 7) is 0. The van der Waals surface area contributed by atoms with E-state index in [1.807, 2.05) is 0 Å². The van der Waals surface area contributed by atoms with Crippen LogP contribution in [0.3, 0.4) is 0 Å². The van der Waals surface area contributed by atoms with Crippen LogP contribution in [0.25, 0.3) is 0 Å². The van der Waals surface area contributed by atoms with Gasteiger partial charge in [-0.15, -0.1) is 0 Å². The molecule has 0 radical (unpaired) electrons. The standard InChI is InChI=1S/C14H10BrClF3N/c15-8-2-1-7(11(17)4-8)3-14(20)9-5-13(19)10(16)6-12(9)18/h1-2,4-6,14H,3,20H2. The van der Waals surface area contributed by atoms with Crippen LogP contribution in [-0.4, -0.2) is 0 Å². The maximum Gasteiger partial charge on any atom is 0.142 e. The van der Waals surface area contributed by atoms with E-state index in [1.54, 1.807) is 12.1 Å². The van der Waals surface area contributed by atoms with Crippen LogP contribution in [0.5, 0.6) is 0 Å². The number of hydrogen-bond acceptors (Lipinski definition) is 1.